The number of nitrogens with two attached hydrogens (primary N) is 2. The van der Waals surface area contributed by atoms with Gasteiger partial charge in [-0.2, -0.15) is 0 Å². The maximum Gasteiger partial charge on any atom is 0.138 e. The second-order valence-corrected chi connectivity index (χ2v) is 5.55. The molecule has 3 rings (SSSR count). The minimum Gasteiger partial charge on any atom is -0.397 e. The van der Waals surface area contributed by atoms with Crippen molar-refractivity contribution in [1.82, 2.24) is 9.97 Å². The number of anilines is 3. The first-order valence-electron chi connectivity index (χ1n) is 7.44. The SMILES string of the molecule is CCCN(C)c1ccc2[nH]c(-c3ccc(N)c(N)c3)nc2c1. The first kappa shape index (κ1) is 14.3. The number of benzene rings is 2. The maximum atomic E-state index is 5.88. The molecule has 0 amide bonds. The van der Waals surface area contributed by atoms with Crippen LogP contribution in [0.5, 0.6) is 0 Å². The van der Waals surface area contributed by atoms with Crippen LogP contribution in [0.25, 0.3) is 22.4 Å². The zero-order chi connectivity index (χ0) is 15.7. The van der Waals surface area contributed by atoms with Gasteiger partial charge in [0.1, 0.15) is 5.82 Å². The van der Waals surface area contributed by atoms with Gasteiger partial charge in [0.2, 0.25) is 0 Å². The van der Waals surface area contributed by atoms with Gasteiger partial charge in [0.25, 0.3) is 0 Å². The number of H-pyrrole nitrogens is 1. The molecule has 0 atom stereocenters. The fourth-order valence-electron chi connectivity index (χ4n) is 2.55. The minimum absolute atomic E-state index is 0.571. The topological polar surface area (TPSA) is 84.0 Å². The zero-order valence-electron chi connectivity index (χ0n) is 12.9. The van der Waals surface area contributed by atoms with Gasteiger partial charge in [-0.15, -0.1) is 0 Å². The van der Waals surface area contributed by atoms with Crippen molar-refractivity contribution in [1.29, 1.82) is 0 Å². The van der Waals surface area contributed by atoms with Crippen LogP contribution in [0.2, 0.25) is 0 Å². The van der Waals surface area contributed by atoms with Gasteiger partial charge in [-0.25, -0.2) is 4.98 Å². The molecule has 0 saturated carbocycles. The highest BCUT2D eigenvalue weighted by Gasteiger charge is 2.08. The van der Waals surface area contributed by atoms with Gasteiger partial charge >= 0.3 is 0 Å². The molecule has 1 heterocycles. The molecule has 5 heteroatoms. The molecule has 114 valence electrons. The molecule has 2 aromatic carbocycles. The van der Waals surface area contributed by atoms with E-state index in [9.17, 15) is 0 Å². The van der Waals surface area contributed by atoms with E-state index >= 15 is 0 Å². The van der Waals surface area contributed by atoms with Crippen molar-refractivity contribution >= 4 is 28.1 Å². The summed E-state index contributed by atoms with van der Waals surface area (Å²) in [5.74, 6) is 0.803. The summed E-state index contributed by atoms with van der Waals surface area (Å²) in [5.41, 5.74) is 16.9. The Labute approximate surface area is 129 Å². The van der Waals surface area contributed by atoms with Crippen LogP contribution >= 0.6 is 0 Å². The summed E-state index contributed by atoms with van der Waals surface area (Å²) in [7, 11) is 2.10. The van der Waals surface area contributed by atoms with Crippen LogP contribution in [0.3, 0.4) is 0 Å². The number of imidazole rings is 1. The molecule has 0 fully saturated rings. The normalized spacial score (nSPS) is 11.0. The van der Waals surface area contributed by atoms with Gasteiger partial charge in [-0.3, -0.25) is 0 Å². The third kappa shape index (κ3) is 2.57. The molecule has 5 N–H and O–H groups in total. The molecule has 0 spiro atoms. The Hall–Kier alpha value is -2.69. The third-order valence-electron chi connectivity index (χ3n) is 3.83. The molecule has 0 bridgehead atoms. The van der Waals surface area contributed by atoms with Crippen molar-refractivity contribution in [2.75, 3.05) is 30.0 Å². The molecule has 0 aliphatic rings. The number of rotatable bonds is 4. The van der Waals surface area contributed by atoms with E-state index in [1.54, 1.807) is 6.07 Å². The van der Waals surface area contributed by atoms with Crippen molar-refractivity contribution in [3.05, 3.63) is 36.4 Å². The van der Waals surface area contributed by atoms with E-state index in [0.717, 1.165) is 35.4 Å². The van der Waals surface area contributed by atoms with Crippen LogP contribution in [0.1, 0.15) is 13.3 Å². The number of hydrogen-bond donors (Lipinski definition) is 3. The zero-order valence-corrected chi connectivity index (χ0v) is 12.9. The summed E-state index contributed by atoms with van der Waals surface area (Å²) >= 11 is 0. The molecule has 1 aromatic heterocycles. The van der Waals surface area contributed by atoms with Crippen molar-refractivity contribution in [2.45, 2.75) is 13.3 Å². The average molecular weight is 295 g/mol. The highest BCUT2D eigenvalue weighted by molar-refractivity contribution is 5.83. The van der Waals surface area contributed by atoms with Gasteiger partial charge in [0.15, 0.2) is 0 Å². The molecular weight excluding hydrogens is 274 g/mol. The molecule has 0 saturated heterocycles. The highest BCUT2D eigenvalue weighted by atomic mass is 15.1. The third-order valence-corrected chi connectivity index (χ3v) is 3.83. The number of aromatic nitrogens is 2. The number of nitrogens with one attached hydrogen (secondary N) is 1. The first-order valence-corrected chi connectivity index (χ1v) is 7.44. The average Bonchev–Trinajstić information content (AvgIpc) is 2.93. The molecule has 0 radical (unpaired) electrons. The maximum absolute atomic E-state index is 5.88. The van der Waals surface area contributed by atoms with Crippen LogP contribution in [-0.2, 0) is 0 Å². The lowest BCUT2D eigenvalue weighted by Crippen LogP contribution is -2.17. The summed E-state index contributed by atoms with van der Waals surface area (Å²) in [6.07, 6.45) is 1.12. The van der Waals surface area contributed by atoms with Crippen LogP contribution < -0.4 is 16.4 Å². The van der Waals surface area contributed by atoms with E-state index in [2.05, 4.69) is 47.0 Å². The van der Waals surface area contributed by atoms with Gasteiger partial charge in [-0.1, -0.05) is 6.92 Å². The van der Waals surface area contributed by atoms with Crippen molar-refractivity contribution in [3.63, 3.8) is 0 Å². The predicted molar refractivity (Wildman–Crippen MR) is 93.9 cm³/mol. The Morgan fingerprint density at radius 1 is 1.09 bits per heavy atom. The Morgan fingerprint density at radius 2 is 1.91 bits per heavy atom. The smallest absolute Gasteiger partial charge is 0.138 e. The summed E-state index contributed by atoms with van der Waals surface area (Å²) in [5, 5.41) is 0. The monoisotopic (exact) mass is 295 g/mol. The molecule has 5 nitrogen and oxygen atoms in total. The van der Waals surface area contributed by atoms with E-state index in [1.165, 1.54) is 5.69 Å². The Bertz CT molecular complexity index is 806. The van der Waals surface area contributed by atoms with E-state index < -0.39 is 0 Å². The summed E-state index contributed by atoms with van der Waals surface area (Å²) in [6.45, 7) is 3.20. The highest BCUT2D eigenvalue weighted by Crippen LogP contribution is 2.27. The number of nitrogen functional groups attached to an aromatic ring is 2. The van der Waals surface area contributed by atoms with Gasteiger partial charge in [0.05, 0.1) is 22.4 Å². The van der Waals surface area contributed by atoms with E-state index in [4.69, 9.17) is 11.5 Å². The lowest BCUT2D eigenvalue weighted by atomic mass is 10.1. The lowest BCUT2D eigenvalue weighted by molar-refractivity contribution is 0.853. The summed E-state index contributed by atoms with van der Waals surface area (Å²) in [4.78, 5) is 10.2. The van der Waals surface area contributed by atoms with Gasteiger partial charge < -0.3 is 21.4 Å². The summed E-state index contributed by atoms with van der Waals surface area (Å²) in [6, 6.07) is 11.8. The van der Waals surface area contributed by atoms with Crippen molar-refractivity contribution < 1.29 is 0 Å². The second-order valence-electron chi connectivity index (χ2n) is 5.55. The molecule has 22 heavy (non-hydrogen) atoms. The van der Waals surface area contributed by atoms with Crippen molar-refractivity contribution in [3.8, 4) is 11.4 Å². The quantitative estimate of drug-likeness (QED) is 0.645. The van der Waals surface area contributed by atoms with E-state index in [1.807, 2.05) is 12.1 Å². The van der Waals surface area contributed by atoms with Gasteiger partial charge in [-0.05, 0) is 42.8 Å². The Kier molecular flexibility index (Phi) is 3.63. The van der Waals surface area contributed by atoms with Crippen LogP contribution in [0.4, 0.5) is 17.1 Å². The lowest BCUT2D eigenvalue weighted by Gasteiger charge is -2.17. The van der Waals surface area contributed by atoms with E-state index in [0.29, 0.717) is 11.4 Å². The van der Waals surface area contributed by atoms with E-state index in [-0.39, 0.29) is 0 Å². The minimum atomic E-state index is 0.571. The van der Waals surface area contributed by atoms with Crippen LogP contribution in [0.15, 0.2) is 36.4 Å². The molecule has 0 aliphatic carbocycles. The van der Waals surface area contributed by atoms with Gasteiger partial charge in [0, 0.05) is 24.8 Å². The largest absolute Gasteiger partial charge is 0.397 e. The molecular formula is C17H21N5. The number of fused-ring (bicyclic) bond motifs is 1. The molecule has 0 aliphatic heterocycles. The fraction of sp³-hybridized carbons (Fsp3) is 0.235. The summed E-state index contributed by atoms with van der Waals surface area (Å²) < 4.78 is 0. The number of nitrogens with zero attached hydrogens (tertiary/aromatic N) is 2. The predicted octanol–water partition coefficient (Wildman–Crippen LogP) is 3.24. The Morgan fingerprint density at radius 3 is 2.64 bits per heavy atom. The standard InChI is InChI=1S/C17H21N5/c1-3-8-22(2)12-5-7-15-16(10-12)21-17(20-15)11-4-6-13(18)14(19)9-11/h4-7,9-10H,3,8,18-19H2,1-2H3,(H,20,21). The number of aromatic amines is 1. The number of hydrogen-bond acceptors (Lipinski definition) is 4. The van der Waals surface area contributed by atoms with Crippen LogP contribution in [0, 0.1) is 0 Å². The second kappa shape index (κ2) is 5.60. The van der Waals surface area contributed by atoms with Crippen LogP contribution in [-0.4, -0.2) is 23.6 Å². The molecule has 0 unspecified atom stereocenters. The molecule has 3 aromatic rings. The van der Waals surface area contributed by atoms with Crippen molar-refractivity contribution in [2.24, 2.45) is 0 Å². The fourth-order valence-corrected chi connectivity index (χ4v) is 2.55. The first-order chi connectivity index (χ1) is 10.6. The Balaban J connectivity index is 2.00.